The van der Waals surface area contributed by atoms with Gasteiger partial charge in [-0.25, -0.2) is 17.1 Å². The van der Waals surface area contributed by atoms with Gasteiger partial charge in [0.05, 0.1) is 5.69 Å². The van der Waals surface area contributed by atoms with Gasteiger partial charge >= 0.3 is 0 Å². The van der Waals surface area contributed by atoms with Crippen LogP contribution in [0.3, 0.4) is 0 Å². The molecule has 0 fully saturated rings. The van der Waals surface area contributed by atoms with Gasteiger partial charge in [-0.3, -0.25) is 0 Å². The molecule has 1 aromatic carbocycles. The molecule has 0 radical (unpaired) electrons. The third-order valence-electron chi connectivity index (χ3n) is 2.74. The number of hydrogen-bond acceptors (Lipinski definition) is 3. The van der Waals surface area contributed by atoms with Crippen LogP contribution in [0.2, 0.25) is 0 Å². The molecule has 1 aromatic rings. The zero-order valence-corrected chi connectivity index (χ0v) is 11.5. The number of sulfonamides is 1. The molecule has 1 rings (SSSR count). The van der Waals surface area contributed by atoms with Crippen molar-refractivity contribution in [2.24, 2.45) is 0 Å². The molecule has 0 aromatic heterocycles. The molecule has 102 valence electrons. The molecule has 0 saturated carbocycles. The first-order valence-corrected chi connectivity index (χ1v) is 7.35. The molecule has 0 spiro atoms. The van der Waals surface area contributed by atoms with Crippen LogP contribution in [0.1, 0.15) is 26.2 Å². The Bertz CT molecular complexity index is 503. The molecule has 0 saturated heterocycles. The van der Waals surface area contributed by atoms with Crippen molar-refractivity contribution in [1.29, 1.82) is 0 Å². The summed E-state index contributed by atoms with van der Waals surface area (Å²) in [6.07, 6.45) is 2.75. The molecule has 0 unspecified atom stereocenters. The van der Waals surface area contributed by atoms with Gasteiger partial charge in [0.2, 0.25) is 10.0 Å². The van der Waals surface area contributed by atoms with Gasteiger partial charge in [-0.1, -0.05) is 19.8 Å². The SMILES string of the molecule is CCCCCN(C)S(=O)(=O)c1cc(F)ccc1N. The molecule has 0 aliphatic heterocycles. The molecular formula is C12H19FN2O2S. The van der Waals surface area contributed by atoms with Crippen LogP contribution in [0.25, 0.3) is 0 Å². The highest BCUT2D eigenvalue weighted by Crippen LogP contribution is 2.22. The number of nitrogens with zero attached hydrogens (tertiary/aromatic N) is 1. The first-order chi connectivity index (χ1) is 8.39. The van der Waals surface area contributed by atoms with Crippen LogP contribution in [0.5, 0.6) is 0 Å². The smallest absolute Gasteiger partial charge is 0.244 e. The zero-order valence-electron chi connectivity index (χ0n) is 10.7. The van der Waals surface area contributed by atoms with Gasteiger partial charge in [-0.2, -0.15) is 0 Å². The van der Waals surface area contributed by atoms with Crippen molar-refractivity contribution in [3.63, 3.8) is 0 Å². The van der Waals surface area contributed by atoms with Crippen LogP contribution in [0.4, 0.5) is 10.1 Å². The highest BCUT2D eigenvalue weighted by molar-refractivity contribution is 7.89. The maximum Gasteiger partial charge on any atom is 0.244 e. The van der Waals surface area contributed by atoms with E-state index in [1.807, 2.05) is 6.92 Å². The van der Waals surface area contributed by atoms with Crippen molar-refractivity contribution in [3.05, 3.63) is 24.0 Å². The molecule has 0 atom stereocenters. The van der Waals surface area contributed by atoms with Gasteiger partial charge in [0.15, 0.2) is 0 Å². The van der Waals surface area contributed by atoms with Gasteiger partial charge in [0.1, 0.15) is 10.7 Å². The fourth-order valence-corrected chi connectivity index (χ4v) is 2.94. The topological polar surface area (TPSA) is 63.4 Å². The number of nitrogen functional groups attached to an aromatic ring is 1. The minimum absolute atomic E-state index is 0.0683. The number of rotatable bonds is 6. The third-order valence-corrected chi connectivity index (χ3v) is 4.65. The third kappa shape index (κ3) is 3.43. The van der Waals surface area contributed by atoms with E-state index in [-0.39, 0.29) is 10.6 Å². The fraction of sp³-hybridized carbons (Fsp3) is 0.500. The number of anilines is 1. The molecule has 0 aliphatic carbocycles. The van der Waals surface area contributed by atoms with Crippen molar-refractivity contribution in [1.82, 2.24) is 4.31 Å². The maximum atomic E-state index is 13.1. The van der Waals surface area contributed by atoms with E-state index in [1.54, 1.807) is 0 Å². The summed E-state index contributed by atoms with van der Waals surface area (Å²) in [5.41, 5.74) is 5.66. The summed E-state index contributed by atoms with van der Waals surface area (Å²) in [6, 6.07) is 3.37. The van der Waals surface area contributed by atoms with Crippen LogP contribution in [-0.2, 0) is 10.0 Å². The van der Waals surface area contributed by atoms with Crippen molar-refractivity contribution in [2.75, 3.05) is 19.3 Å². The van der Waals surface area contributed by atoms with Crippen LogP contribution in [-0.4, -0.2) is 26.3 Å². The lowest BCUT2D eigenvalue weighted by Crippen LogP contribution is -2.28. The summed E-state index contributed by atoms with van der Waals surface area (Å²) in [7, 11) is -2.22. The quantitative estimate of drug-likeness (QED) is 0.639. The van der Waals surface area contributed by atoms with Gasteiger partial charge in [0, 0.05) is 13.6 Å². The molecule has 0 aliphatic rings. The predicted molar refractivity (Wildman–Crippen MR) is 70.2 cm³/mol. The van der Waals surface area contributed by atoms with Crippen LogP contribution < -0.4 is 5.73 Å². The zero-order chi connectivity index (χ0) is 13.8. The molecule has 0 bridgehead atoms. The molecule has 0 amide bonds. The highest BCUT2D eigenvalue weighted by Gasteiger charge is 2.23. The van der Waals surface area contributed by atoms with Crippen molar-refractivity contribution < 1.29 is 12.8 Å². The Labute approximate surface area is 108 Å². The first-order valence-electron chi connectivity index (χ1n) is 5.91. The summed E-state index contributed by atoms with van der Waals surface area (Å²) in [5.74, 6) is -0.607. The Morgan fingerprint density at radius 2 is 2.00 bits per heavy atom. The van der Waals surface area contributed by atoms with Gasteiger partial charge in [0.25, 0.3) is 0 Å². The van der Waals surface area contributed by atoms with Gasteiger partial charge < -0.3 is 5.73 Å². The highest BCUT2D eigenvalue weighted by atomic mass is 32.2. The Balaban J connectivity index is 2.95. The summed E-state index contributed by atoms with van der Waals surface area (Å²) >= 11 is 0. The molecule has 4 nitrogen and oxygen atoms in total. The van der Waals surface area contributed by atoms with E-state index >= 15 is 0 Å². The van der Waals surface area contributed by atoms with Crippen LogP contribution in [0.15, 0.2) is 23.1 Å². The van der Waals surface area contributed by atoms with E-state index in [4.69, 9.17) is 5.73 Å². The van der Waals surface area contributed by atoms with E-state index in [9.17, 15) is 12.8 Å². The summed E-state index contributed by atoms with van der Waals surface area (Å²) < 4.78 is 38.7. The minimum Gasteiger partial charge on any atom is -0.398 e. The van der Waals surface area contributed by atoms with Gasteiger partial charge in [-0.05, 0) is 24.6 Å². The van der Waals surface area contributed by atoms with Crippen molar-refractivity contribution in [2.45, 2.75) is 31.1 Å². The number of benzene rings is 1. The van der Waals surface area contributed by atoms with E-state index in [1.165, 1.54) is 17.4 Å². The fourth-order valence-electron chi connectivity index (χ4n) is 1.60. The van der Waals surface area contributed by atoms with E-state index in [2.05, 4.69) is 0 Å². The average Bonchev–Trinajstić information content (AvgIpc) is 2.32. The van der Waals surface area contributed by atoms with Crippen LogP contribution in [0, 0.1) is 5.82 Å². The van der Waals surface area contributed by atoms with E-state index < -0.39 is 15.8 Å². The monoisotopic (exact) mass is 274 g/mol. The first kappa shape index (κ1) is 14.9. The lowest BCUT2D eigenvalue weighted by Gasteiger charge is -2.18. The molecule has 18 heavy (non-hydrogen) atoms. The summed E-state index contributed by atoms with van der Waals surface area (Å²) in [5, 5.41) is 0. The lowest BCUT2D eigenvalue weighted by molar-refractivity contribution is 0.454. The standard InChI is InChI=1S/C12H19FN2O2S/c1-3-4-5-8-15(2)18(16,17)12-9-10(13)6-7-11(12)14/h6-7,9H,3-5,8,14H2,1-2H3. The normalized spacial score (nSPS) is 12.0. The molecular weight excluding hydrogens is 255 g/mol. The minimum atomic E-state index is -3.70. The Morgan fingerprint density at radius 1 is 1.33 bits per heavy atom. The number of hydrogen-bond donors (Lipinski definition) is 1. The Hall–Kier alpha value is -1.14. The lowest BCUT2D eigenvalue weighted by atomic mass is 10.2. The number of halogens is 1. The number of unbranched alkanes of at least 4 members (excludes halogenated alkanes) is 2. The number of nitrogens with two attached hydrogens (primary N) is 1. The average molecular weight is 274 g/mol. The summed E-state index contributed by atoms with van der Waals surface area (Å²) in [6.45, 7) is 2.45. The second-order valence-corrected chi connectivity index (χ2v) is 6.23. The largest absolute Gasteiger partial charge is 0.398 e. The Morgan fingerprint density at radius 3 is 2.61 bits per heavy atom. The molecule has 2 N–H and O–H groups in total. The predicted octanol–water partition coefficient (Wildman–Crippen LogP) is 2.22. The Kier molecular flexibility index (Phi) is 5.10. The maximum absolute atomic E-state index is 13.1. The second kappa shape index (κ2) is 6.15. The molecule has 0 heterocycles. The van der Waals surface area contributed by atoms with Crippen molar-refractivity contribution >= 4 is 15.7 Å². The second-order valence-electron chi connectivity index (χ2n) is 4.22. The van der Waals surface area contributed by atoms with E-state index in [0.29, 0.717) is 6.54 Å². The van der Waals surface area contributed by atoms with Crippen molar-refractivity contribution in [3.8, 4) is 0 Å². The van der Waals surface area contributed by atoms with Gasteiger partial charge in [-0.15, -0.1) is 0 Å². The molecule has 6 heteroatoms. The summed E-state index contributed by atoms with van der Waals surface area (Å²) in [4.78, 5) is -0.165. The van der Waals surface area contributed by atoms with Crippen LogP contribution >= 0.6 is 0 Å². The van der Waals surface area contributed by atoms with E-state index in [0.717, 1.165) is 31.4 Å².